The van der Waals surface area contributed by atoms with Crippen molar-refractivity contribution in [3.8, 4) is 5.75 Å². The quantitative estimate of drug-likeness (QED) is 0.652. The van der Waals surface area contributed by atoms with E-state index >= 15 is 0 Å². The SMILES string of the molecule is COc1ccc2nc(NC(=O)COC(=O)c3cc4c(s3)CCCC4)sc2c1. The Morgan fingerprint density at radius 1 is 1.19 bits per heavy atom. The largest absolute Gasteiger partial charge is 0.497 e. The van der Waals surface area contributed by atoms with E-state index in [0.29, 0.717) is 10.0 Å². The fourth-order valence-electron chi connectivity index (χ4n) is 3.03. The van der Waals surface area contributed by atoms with Gasteiger partial charge in [0.15, 0.2) is 11.7 Å². The zero-order valence-corrected chi connectivity index (χ0v) is 16.4. The number of carbonyl (C=O) groups excluding carboxylic acids is 2. The van der Waals surface area contributed by atoms with Crippen molar-refractivity contribution in [2.24, 2.45) is 0 Å². The minimum absolute atomic E-state index is 0.333. The molecule has 8 heteroatoms. The number of aromatic nitrogens is 1. The lowest BCUT2D eigenvalue weighted by molar-refractivity contribution is -0.119. The molecule has 27 heavy (non-hydrogen) atoms. The highest BCUT2D eigenvalue weighted by Crippen LogP contribution is 2.30. The fourth-order valence-corrected chi connectivity index (χ4v) is 5.09. The molecule has 0 unspecified atom stereocenters. The molecule has 140 valence electrons. The van der Waals surface area contributed by atoms with Crippen LogP contribution in [0, 0.1) is 0 Å². The minimum Gasteiger partial charge on any atom is -0.497 e. The Morgan fingerprint density at radius 2 is 2.04 bits per heavy atom. The third-order valence-electron chi connectivity index (χ3n) is 4.37. The van der Waals surface area contributed by atoms with Crippen LogP contribution in [0.2, 0.25) is 0 Å². The van der Waals surface area contributed by atoms with Crippen molar-refractivity contribution in [2.45, 2.75) is 25.7 Å². The summed E-state index contributed by atoms with van der Waals surface area (Å²) in [5, 5.41) is 3.14. The van der Waals surface area contributed by atoms with E-state index in [2.05, 4.69) is 10.3 Å². The molecule has 0 spiro atoms. The van der Waals surface area contributed by atoms with E-state index in [0.717, 1.165) is 35.2 Å². The van der Waals surface area contributed by atoms with Gasteiger partial charge in [0.1, 0.15) is 10.6 Å². The topological polar surface area (TPSA) is 77.5 Å². The molecule has 1 aliphatic carbocycles. The lowest BCUT2D eigenvalue weighted by Gasteiger charge is -2.08. The van der Waals surface area contributed by atoms with E-state index in [1.54, 1.807) is 7.11 Å². The summed E-state index contributed by atoms with van der Waals surface area (Å²) in [5.74, 6) is -0.120. The Hall–Kier alpha value is -2.45. The van der Waals surface area contributed by atoms with Gasteiger partial charge in [-0.25, -0.2) is 9.78 Å². The molecular formula is C19H18N2O4S2. The molecule has 3 aromatic rings. The summed E-state index contributed by atoms with van der Waals surface area (Å²) in [6.07, 6.45) is 4.37. The van der Waals surface area contributed by atoms with E-state index in [1.165, 1.54) is 39.5 Å². The standard InChI is InChI=1S/C19H18N2O4S2/c1-24-12-6-7-13-15(9-12)27-19(20-13)21-17(22)10-25-18(23)16-8-11-4-2-3-5-14(11)26-16/h6-9H,2-5,10H2,1H3,(H,20,21,22). The number of amides is 1. The average molecular weight is 402 g/mol. The van der Waals surface area contributed by atoms with E-state index in [4.69, 9.17) is 9.47 Å². The number of hydrogen-bond donors (Lipinski definition) is 1. The minimum atomic E-state index is -0.446. The lowest BCUT2D eigenvalue weighted by Crippen LogP contribution is -2.20. The maximum absolute atomic E-state index is 12.2. The van der Waals surface area contributed by atoms with Gasteiger partial charge in [-0.1, -0.05) is 11.3 Å². The Labute approximate surface area is 164 Å². The number of nitrogens with one attached hydrogen (secondary N) is 1. The molecule has 0 saturated carbocycles. The number of thiazole rings is 1. The van der Waals surface area contributed by atoms with Crippen LogP contribution in [0.3, 0.4) is 0 Å². The van der Waals surface area contributed by atoms with Gasteiger partial charge in [-0.3, -0.25) is 10.1 Å². The van der Waals surface area contributed by atoms with E-state index < -0.39 is 11.9 Å². The highest BCUT2D eigenvalue weighted by atomic mass is 32.1. The van der Waals surface area contributed by atoms with Crippen molar-refractivity contribution in [3.63, 3.8) is 0 Å². The van der Waals surface area contributed by atoms with Gasteiger partial charge in [-0.15, -0.1) is 11.3 Å². The smallest absolute Gasteiger partial charge is 0.348 e. The molecule has 1 aromatic carbocycles. The number of carbonyl (C=O) groups is 2. The van der Waals surface area contributed by atoms with Crippen LogP contribution in [0.4, 0.5) is 5.13 Å². The van der Waals surface area contributed by atoms with E-state index in [-0.39, 0.29) is 6.61 Å². The maximum atomic E-state index is 12.2. The first-order chi connectivity index (χ1) is 13.1. The van der Waals surface area contributed by atoms with Crippen LogP contribution in [0.5, 0.6) is 5.75 Å². The Kier molecular flexibility index (Phi) is 5.09. The van der Waals surface area contributed by atoms with Crippen molar-refractivity contribution in [1.29, 1.82) is 0 Å². The number of benzene rings is 1. The Balaban J connectivity index is 1.35. The van der Waals surface area contributed by atoms with Crippen molar-refractivity contribution in [3.05, 3.63) is 39.6 Å². The normalized spacial score (nSPS) is 13.2. The summed E-state index contributed by atoms with van der Waals surface area (Å²) >= 11 is 2.82. The second-order valence-corrected chi connectivity index (χ2v) is 8.41. The van der Waals surface area contributed by atoms with Gasteiger partial charge in [-0.2, -0.15) is 0 Å². The van der Waals surface area contributed by atoms with E-state index in [9.17, 15) is 9.59 Å². The highest BCUT2D eigenvalue weighted by molar-refractivity contribution is 7.22. The molecule has 2 aromatic heterocycles. The number of hydrogen-bond acceptors (Lipinski definition) is 7. The van der Waals surface area contributed by atoms with Gasteiger partial charge in [0.2, 0.25) is 0 Å². The zero-order chi connectivity index (χ0) is 18.8. The zero-order valence-electron chi connectivity index (χ0n) is 14.7. The first-order valence-electron chi connectivity index (χ1n) is 8.65. The maximum Gasteiger partial charge on any atom is 0.348 e. The number of esters is 1. The van der Waals surface area contributed by atoms with Crippen molar-refractivity contribution in [2.75, 3.05) is 19.0 Å². The van der Waals surface area contributed by atoms with Crippen molar-refractivity contribution < 1.29 is 19.1 Å². The van der Waals surface area contributed by atoms with Gasteiger partial charge >= 0.3 is 5.97 Å². The summed E-state index contributed by atoms with van der Waals surface area (Å²) in [6.45, 7) is -0.333. The van der Waals surface area contributed by atoms with E-state index in [1.807, 2.05) is 24.3 Å². The number of ether oxygens (including phenoxy) is 2. The molecule has 0 fully saturated rings. The molecule has 2 heterocycles. The first kappa shape index (κ1) is 17.9. The molecular weight excluding hydrogens is 384 g/mol. The number of methoxy groups -OCH3 is 1. The van der Waals surface area contributed by atoms with Crippen LogP contribution in [0.1, 0.15) is 33.0 Å². The first-order valence-corrected chi connectivity index (χ1v) is 10.3. The summed E-state index contributed by atoms with van der Waals surface area (Å²) < 4.78 is 11.3. The number of aryl methyl sites for hydroxylation is 2. The molecule has 0 aliphatic heterocycles. The van der Waals surface area contributed by atoms with Crippen molar-refractivity contribution >= 4 is 49.9 Å². The molecule has 0 radical (unpaired) electrons. The summed E-state index contributed by atoms with van der Waals surface area (Å²) in [4.78, 5) is 30.5. The Morgan fingerprint density at radius 3 is 2.85 bits per heavy atom. The molecule has 1 amide bonds. The van der Waals surface area contributed by atoms with Crippen LogP contribution in [-0.4, -0.2) is 30.6 Å². The molecule has 0 atom stereocenters. The second-order valence-electron chi connectivity index (χ2n) is 6.24. The second kappa shape index (κ2) is 7.66. The van der Waals surface area contributed by atoms with Crippen LogP contribution < -0.4 is 10.1 Å². The van der Waals surface area contributed by atoms with Gasteiger partial charge in [0.25, 0.3) is 5.91 Å². The molecule has 0 saturated heterocycles. The molecule has 4 rings (SSSR count). The third-order valence-corrected chi connectivity index (χ3v) is 6.52. The Bertz CT molecular complexity index is 985. The van der Waals surface area contributed by atoms with Crippen LogP contribution in [0.25, 0.3) is 10.2 Å². The average Bonchev–Trinajstić information content (AvgIpc) is 3.28. The van der Waals surface area contributed by atoms with Crippen LogP contribution in [0.15, 0.2) is 24.3 Å². The van der Waals surface area contributed by atoms with Gasteiger partial charge in [0.05, 0.1) is 17.3 Å². The van der Waals surface area contributed by atoms with Crippen LogP contribution in [-0.2, 0) is 22.4 Å². The summed E-state index contributed by atoms with van der Waals surface area (Å²) in [7, 11) is 1.60. The number of thiophene rings is 1. The summed E-state index contributed by atoms with van der Waals surface area (Å²) in [5.41, 5.74) is 2.02. The predicted octanol–water partition coefficient (Wildman–Crippen LogP) is 4.04. The molecule has 1 aliphatic rings. The fraction of sp³-hybridized carbons (Fsp3) is 0.316. The number of rotatable bonds is 5. The van der Waals surface area contributed by atoms with Gasteiger partial charge in [0, 0.05) is 4.88 Å². The highest BCUT2D eigenvalue weighted by Gasteiger charge is 2.19. The van der Waals surface area contributed by atoms with Gasteiger partial charge in [-0.05, 0) is 55.5 Å². The number of anilines is 1. The van der Waals surface area contributed by atoms with Gasteiger partial charge < -0.3 is 9.47 Å². The van der Waals surface area contributed by atoms with Crippen LogP contribution >= 0.6 is 22.7 Å². The van der Waals surface area contributed by atoms with Crippen molar-refractivity contribution in [1.82, 2.24) is 4.98 Å². The monoisotopic (exact) mass is 402 g/mol. The third kappa shape index (κ3) is 3.96. The summed E-state index contributed by atoms with van der Waals surface area (Å²) in [6, 6.07) is 7.41. The number of fused-ring (bicyclic) bond motifs is 2. The number of nitrogens with zero attached hydrogens (tertiary/aromatic N) is 1. The predicted molar refractivity (Wildman–Crippen MR) is 106 cm³/mol. The molecule has 0 bridgehead atoms. The molecule has 6 nitrogen and oxygen atoms in total. The lowest BCUT2D eigenvalue weighted by atomic mass is 9.99. The molecule has 1 N–H and O–H groups in total.